The second-order valence-electron chi connectivity index (χ2n) is 4.59. The topological polar surface area (TPSA) is 64.3 Å². The van der Waals surface area contributed by atoms with Gasteiger partial charge in [-0.05, 0) is 29.8 Å². The molecule has 2 aromatic rings. The number of nitrogens with one attached hydrogen (secondary N) is 1. The molecular formula is C16H17ClN2O2. The molecule has 0 saturated carbocycles. The second-order valence-corrected chi connectivity index (χ2v) is 5.00. The van der Waals surface area contributed by atoms with Crippen LogP contribution in [0, 0.1) is 0 Å². The fourth-order valence-electron chi connectivity index (χ4n) is 2.07. The molecule has 0 radical (unpaired) electrons. The molecule has 2 rings (SSSR count). The van der Waals surface area contributed by atoms with Gasteiger partial charge in [-0.2, -0.15) is 0 Å². The number of ether oxygens (including phenoxy) is 1. The van der Waals surface area contributed by atoms with Gasteiger partial charge < -0.3 is 15.8 Å². The number of nitrogens with two attached hydrogens (primary N) is 1. The van der Waals surface area contributed by atoms with Crippen LogP contribution in [-0.2, 0) is 13.1 Å². The molecule has 0 heterocycles. The molecule has 2 aromatic carbocycles. The zero-order valence-electron chi connectivity index (χ0n) is 11.7. The van der Waals surface area contributed by atoms with E-state index in [1.54, 1.807) is 19.2 Å². The van der Waals surface area contributed by atoms with Gasteiger partial charge in [0.25, 0.3) is 0 Å². The highest BCUT2D eigenvalue weighted by Crippen LogP contribution is 2.25. The molecule has 0 aliphatic rings. The number of rotatable bonds is 6. The molecule has 4 nitrogen and oxygen atoms in total. The van der Waals surface area contributed by atoms with Crippen molar-refractivity contribution in [1.29, 1.82) is 0 Å². The molecule has 0 fully saturated rings. The zero-order chi connectivity index (χ0) is 15.2. The molecule has 0 spiro atoms. The van der Waals surface area contributed by atoms with Crippen LogP contribution in [0.3, 0.4) is 0 Å². The molecule has 0 aliphatic carbocycles. The Labute approximate surface area is 128 Å². The van der Waals surface area contributed by atoms with Gasteiger partial charge in [0.15, 0.2) is 0 Å². The molecule has 0 aliphatic heterocycles. The van der Waals surface area contributed by atoms with E-state index >= 15 is 0 Å². The number of halogens is 1. The minimum atomic E-state index is -0.426. The molecule has 0 unspecified atom stereocenters. The summed E-state index contributed by atoms with van der Waals surface area (Å²) < 4.78 is 5.29. The molecule has 5 heteroatoms. The summed E-state index contributed by atoms with van der Waals surface area (Å²) in [5, 5.41) is 3.94. The summed E-state index contributed by atoms with van der Waals surface area (Å²) in [5.41, 5.74) is 7.66. The second kappa shape index (κ2) is 7.11. The van der Waals surface area contributed by atoms with Crippen molar-refractivity contribution in [2.75, 3.05) is 7.11 Å². The van der Waals surface area contributed by atoms with Crippen LogP contribution in [0.5, 0.6) is 5.75 Å². The van der Waals surface area contributed by atoms with Crippen molar-refractivity contribution in [3.63, 3.8) is 0 Å². The van der Waals surface area contributed by atoms with Crippen LogP contribution in [0.15, 0.2) is 42.5 Å². The van der Waals surface area contributed by atoms with E-state index in [4.69, 9.17) is 22.1 Å². The maximum Gasteiger partial charge on any atom is 0.248 e. The van der Waals surface area contributed by atoms with E-state index in [0.29, 0.717) is 23.7 Å². The monoisotopic (exact) mass is 304 g/mol. The fourth-order valence-corrected chi connectivity index (χ4v) is 2.30. The van der Waals surface area contributed by atoms with Gasteiger partial charge in [-0.3, -0.25) is 4.79 Å². The Hall–Kier alpha value is -2.04. The smallest absolute Gasteiger partial charge is 0.248 e. The number of hydrogen-bond acceptors (Lipinski definition) is 3. The number of methoxy groups -OCH3 is 1. The van der Waals surface area contributed by atoms with E-state index in [9.17, 15) is 4.79 Å². The van der Waals surface area contributed by atoms with Crippen LogP contribution in [0.1, 0.15) is 21.5 Å². The normalized spacial score (nSPS) is 10.4. The number of carbonyl (C=O) groups is 1. The highest BCUT2D eigenvalue weighted by Gasteiger charge is 2.07. The predicted octanol–water partition coefficient (Wildman–Crippen LogP) is 2.74. The van der Waals surface area contributed by atoms with Crippen molar-refractivity contribution >= 4 is 17.5 Å². The van der Waals surface area contributed by atoms with Crippen molar-refractivity contribution < 1.29 is 9.53 Å². The summed E-state index contributed by atoms with van der Waals surface area (Å²) in [6.45, 7) is 1.18. The highest BCUT2D eigenvalue weighted by molar-refractivity contribution is 6.31. The first-order valence-electron chi connectivity index (χ1n) is 6.52. The first-order chi connectivity index (χ1) is 10.1. The Kier molecular flexibility index (Phi) is 5.20. The zero-order valence-corrected chi connectivity index (χ0v) is 12.5. The lowest BCUT2D eigenvalue weighted by molar-refractivity contribution is 0.1000. The Bertz CT molecular complexity index is 644. The van der Waals surface area contributed by atoms with E-state index in [-0.39, 0.29) is 0 Å². The first-order valence-corrected chi connectivity index (χ1v) is 6.90. The quantitative estimate of drug-likeness (QED) is 0.862. The van der Waals surface area contributed by atoms with Crippen molar-refractivity contribution in [3.8, 4) is 5.75 Å². The number of primary amides is 1. The summed E-state index contributed by atoms with van der Waals surface area (Å²) in [6, 6.07) is 12.8. The van der Waals surface area contributed by atoms with Crippen molar-refractivity contribution in [2.45, 2.75) is 13.1 Å². The fraction of sp³-hybridized carbons (Fsp3) is 0.188. The van der Waals surface area contributed by atoms with Crippen LogP contribution in [0.25, 0.3) is 0 Å². The molecule has 0 bridgehead atoms. The van der Waals surface area contributed by atoms with Gasteiger partial charge in [0.2, 0.25) is 5.91 Å². The lowest BCUT2D eigenvalue weighted by Gasteiger charge is -2.11. The number of benzene rings is 2. The highest BCUT2D eigenvalue weighted by atomic mass is 35.5. The number of amides is 1. The molecule has 110 valence electrons. The van der Waals surface area contributed by atoms with Gasteiger partial charge in [0.05, 0.1) is 7.11 Å². The van der Waals surface area contributed by atoms with Gasteiger partial charge in [-0.25, -0.2) is 0 Å². The van der Waals surface area contributed by atoms with Crippen molar-refractivity contribution in [3.05, 3.63) is 64.2 Å². The average molecular weight is 305 g/mol. The third kappa shape index (κ3) is 3.97. The Morgan fingerprint density at radius 3 is 2.71 bits per heavy atom. The lowest BCUT2D eigenvalue weighted by Crippen LogP contribution is -2.15. The molecule has 1 amide bonds. The van der Waals surface area contributed by atoms with Crippen LogP contribution < -0.4 is 15.8 Å². The Morgan fingerprint density at radius 1 is 1.24 bits per heavy atom. The van der Waals surface area contributed by atoms with E-state index < -0.39 is 5.91 Å². The number of hydrogen-bond donors (Lipinski definition) is 2. The van der Waals surface area contributed by atoms with Crippen LogP contribution in [0.2, 0.25) is 5.02 Å². The van der Waals surface area contributed by atoms with E-state index in [0.717, 1.165) is 16.9 Å². The molecule has 3 N–H and O–H groups in total. The minimum absolute atomic E-state index is 0.426. The molecule has 0 aromatic heterocycles. The largest absolute Gasteiger partial charge is 0.496 e. The molecular weight excluding hydrogens is 288 g/mol. The lowest BCUT2D eigenvalue weighted by atomic mass is 10.1. The van der Waals surface area contributed by atoms with E-state index in [1.165, 1.54) is 0 Å². The molecule has 21 heavy (non-hydrogen) atoms. The number of carbonyl (C=O) groups excluding carboxylic acids is 1. The molecule has 0 atom stereocenters. The van der Waals surface area contributed by atoms with E-state index in [1.807, 2.05) is 30.3 Å². The minimum Gasteiger partial charge on any atom is -0.496 e. The van der Waals surface area contributed by atoms with Gasteiger partial charge in [0.1, 0.15) is 5.75 Å². The average Bonchev–Trinajstić information content (AvgIpc) is 2.49. The van der Waals surface area contributed by atoms with Crippen LogP contribution in [-0.4, -0.2) is 13.0 Å². The SMILES string of the molecule is COc1cccc(Cl)c1CNCc1cccc(C(N)=O)c1. The molecule has 0 saturated heterocycles. The van der Waals surface area contributed by atoms with Gasteiger partial charge in [0, 0.05) is 29.2 Å². The standard InChI is InChI=1S/C16H17ClN2O2/c1-21-15-7-3-6-14(17)13(15)10-19-9-11-4-2-5-12(8-11)16(18)20/h2-8,19H,9-10H2,1H3,(H2,18,20). The van der Waals surface area contributed by atoms with Gasteiger partial charge in [-0.15, -0.1) is 0 Å². The summed E-state index contributed by atoms with van der Waals surface area (Å²) >= 11 is 6.18. The van der Waals surface area contributed by atoms with Crippen LogP contribution in [0.4, 0.5) is 0 Å². The van der Waals surface area contributed by atoms with Gasteiger partial charge >= 0.3 is 0 Å². The predicted molar refractivity (Wildman–Crippen MR) is 83.5 cm³/mol. The van der Waals surface area contributed by atoms with Crippen molar-refractivity contribution in [1.82, 2.24) is 5.32 Å². The third-order valence-electron chi connectivity index (χ3n) is 3.14. The van der Waals surface area contributed by atoms with E-state index in [2.05, 4.69) is 5.32 Å². The summed E-state index contributed by atoms with van der Waals surface area (Å²) in [6.07, 6.45) is 0. The van der Waals surface area contributed by atoms with Crippen LogP contribution >= 0.6 is 11.6 Å². The first kappa shape index (κ1) is 15.4. The third-order valence-corrected chi connectivity index (χ3v) is 3.49. The van der Waals surface area contributed by atoms with Gasteiger partial charge in [-0.1, -0.05) is 29.8 Å². The maximum absolute atomic E-state index is 11.1. The van der Waals surface area contributed by atoms with Crippen molar-refractivity contribution in [2.24, 2.45) is 5.73 Å². The summed E-state index contributed by atoms with van der Waals surface area (Å²) in [4.78, 5) is 11.1. The summed E-state index contributed by atoms with van der Waals surface area (Å²) in [5.74, 6) is 0.325. The maximum atomic E-state index is 11.1. The Balaban J connectivity index is 2.02. The Morgan fingerprint density at radius 2 is 2.00 bits per heavy atom. The summed E-state index contributed by atoms with van der Waals surface area (Å²) in [7, 11) is 1.62.